The van der Waals surface area contributed by atoms with Gasteiger partial charge in [0, 0.05) is 12.5 Å². The molecule has 3 heteroatoms. The monoisotopic (exact) mass is 235 g/mol. The Morgan fingerprint density at radius 2 is 2.12 bits per heavy atom. The average molecular weight is 235 g/mol. The molecule has 0 aliphatic carbocycles. The first kappa shape index (κ1) is 13.7. The maximum atomic E-state index is 11.0. The summed E-state index contributed by atoms with van der Waals surface area (Å²) in [4.78, 5) is 11.0. The molecule has 1 atom stereocenters. The molecule has 17 heavy (non-hydrogen) atoms. The summed E-state index contributed by atoms with van der Waals surface area (Å²) in [6.07, 6.45) is 2.01. The van der Waals surface area contributed by atoms with E-state index in [9.17, 15) is 4.79 Å². The summed E-state index contributed by atoms with van der Waals surface area (Å²) >= 11 is 0. The third-order valence-electron chi connectivity index (χ3n) is 2.96. The van der Waals surface area contributed by atoms with Crippen molar-refractivity contribution in [3.8, 4) is 0 Å². The van der Waals surface area contributed by atoms with E-state index in [-0.39, 0.29) is 12.0 Å². The number of hydrogen-bond acceptors (Lipinski definition) is 3. The van der Waals surface area contributed by atoms with E-state index >= 15 is 0 Å². The molecular formula is C14H21NO2. The van der Waals surface area contributed by atoms with Gasteiger partial charge in [-0.2, -0.15) is 0 Å². The highest BCUT2D eigenvalue weighted by molar-refractivity contribution is 5.69. The van der Waals surface area contributed by atoms with E-state index in [0.29, 0.717) is 6.42 Å². The first-order valence-electron chi connectivity index (χ1n) is 5.94. The molecule has 2 N–H and O–H groups in total. The van der Waals surface area contributed by atoms with Gasteiger partial charge >= 0.3 is 5.97 Å². The van der Waals surface area contributed by atoms with Crippen LogP contribution in [0.5, 0.6) is 0 Å². The zero-order chi connectivity index (χ0) is 12.8. The number of methoxy groups -OCH3 is 1. The van der Waals surface area contributed by atoms with Gasteiger partial charge in [-0.1, -0.05) is 23.8 Å². The highest BCUT2D eigenvalue weighted by Gasteiger charge is 2.10. The Morgan fingerprint density at radius 1 is 1.41 bits per heavy atom. The van der Waals surface area contributed by atoms with Crippen molar-refractivity contribution >= 4 is 5.97 Å². The fourth-order valence-electron chi connectivity index (χ4n) is 1.88. The standard InChI is InChI=1S/C14H21NO2/c1-10-7-8-11(2)12(9-10)13(15)5-4-6-14(16)17-3/h7-9,13H,4-6,15H2,1-3H3. The predicted molar refractivity (Wildman–Crippen MR) is 68.7 cm³/mol. The van der Waals surface area contributed by atoms with Gasteiger partial charge in [-0.25, -0.2) is 0 Å². The molecule has 1 aromatic carbocycles. The van der Waals surface area contributed by atoms with E-state index in [1.807, 2.05) is 0 Å². The van der Waals surface area contributed by atoms with Crippen LogP contribution in [0.3, 0.4) is 0 Å². The summed E-state index contributed by atoms with van der Waals surface area (Å²) in [5.74, 6) is -0.168. The number of nitrogens with two attached hydrogens (primary N) is 1. The van der Waals surface area contributed by atoms with Crippen LogP contribution in [0.15, 0.2) is 18.2 Å². The van der Waals surface area contributed by atoms with Crippen molar-refractivity contribution in [2.24, 2.45) is 5.73 Å². The Morgan fingerprint density at radius 3 is 2.76 bits per heavy atom. The van der Waals surface area contributed by atoms with Crippen molar-refractivity contribution in [3.05, 3.63) is 34.9 Å². The van der Waals surface area contributed by atoms with Gasteiger partial charge in [0.2, 0.25) is 0 Å². The van der Waals surface area contributed by atoms with E-state index < -0.39 is 0 Å². The molecule has 0 fully saturated rings. The molecule has 1 rings (SSSR count). The predicted octanol–water partition coefficient (Wildman–Crippen LogP) is 2.65. The number of aryl methyl sites for hydroxylation is 2. The van der Waals surface area contributed by atoms with E-state index in [2.05, 4.69) is 36.8 Å². The third kappa shape index (κ3) is 4.19. The molecule has 0 saturated heterocycles. The second-order valence-electron chi connectivity index (χ2n) is 4.43. The molecule has 0 radical (unpaired) electrons. The quantitative estimate of drug-likeness (QED) is 0.798. The maximum absolute atomic E-state index is 11.0. The fraction of sp³-hybridized carbons (Fsp3) is 0.500. The normalized spacial score (nSPS) is 12.2. The smallest absolute Gasteiger partial charge is 0.305 e. The van der Waals surface area contributed by atoms with Gasteiger partial charge in [0.15, 0.2) is 0 Å². The molecule has 1 aromatic rings. The molecule has 94 valence electrons. The Labute approximate surface area is 103 Å². The van der Waals surface area contributed by atoms with Crippen molar-refractivity contribution in [2.45, 2.75) is 39.2 Å². The van der Waals surface area contributed by atoms with Crippen molar-refractivity contribution in [3.63, 3.8) is 0 Å². The fourth-order valence-corrected chi connectivity index (χ4v) is 1.88. The van der Waals surface area contributed by atoms with Crippen molar-refractivity contribution < 1.29 is 9.53 Å². The van der Waals surface area contributed by atoms with Crippen LogP contribution in [0, 0.1) is 13.8 Å². The van der Waals surface area contributed by atoms with E-state index in [1.165, 1.54) is 23.8 Å². The van der Waals surface area contributed by atoms with Crippen LogP contribution < -0.4 is 5.73 Å². The molecule has 0 bridgehead atoms. The first-order valence-corrected chi connectivity index (χ1v) is 5.94. The van der Waals surface area contributed by atoms with Gasteiger partial charge < -0.3 is 10.5 Å². The molecule has 1 unspecified atom stereocenters. The summed E-state index contributed by atoms with van der Waals surface area (Å²) in [6.45, 7) is 4.12. The lowest BCUT2D eigenvalue weighted by atomic mass is 9.96. The summed E-state index contributed by atoms with van der Waals surface area (Å²) in [6, 6.07) is 6.29. The lowest BCUT2D eigenvalue weighted by molar-refractivity contribution is -0.140. The van der Waals surface area contributed by atoms with Crippen molar-refractivity contribution in [2.75, 3.05) is 7.11 Å². The second kappa shape index (κ2) is 6.40. The summed E-state index contributed by atoms with van der Waals surface area (Å²) in [5.41, 5.74) is 9.74. The minimum Gasteiger partial charge on any atom is -0.469 e. The molecule has 0 spiro atoms. The SMILES string of the molecule is COC(=O)CCCC(N)c1cc(C)ccc1C. The largest absolute Gasteiger partial charge is 0.469 e. The summed E-state index contributed by atoms with van der Waals surface area (Å²) < 4.78 is 4.60. The van der Waals surface area contributed by atoms with Gasteiger partial charge in [-0.3, -0.25) is 4.79 Å². The number of esters is 1. The molecule has 0 saturated carbocycles. The van der Waals surface area contributed by atoms with Gasteiger partial charge in [-0.15, -0.1) is 0 Å². The van der Waals surface area contributed by atoms with Gasteiger partial charge in [0.25, 0.3) is 0 Å². The number of rotatable bonds is 5. The lowest BCUT2D eigenvalue weighted by Gasteiger charge is -2.15. The molecule has 0 amide bonds. The lowest BCUT2D eigenvalue weighted by Crippen LogP contribution is -2.13. The molecule has 3 nitrogen and oxygen atoms in total. The van der Waals surface area contributed by atoms with Gasteiger partial charge in [0.05, 0.1) is 7.11 Å². The molecule has 0 heterocycles. The highest BCUT2D eigenvalue weighted by atomic mass is 16.5. The zero-order valence-corrected chi connectivity index (χ0v) is 10.8. The maximum Gasteiger partial charge on any atom is 0.305 e. The Bertz CT molecular complexity index is 388. The van der Waals surface area contributed by atoms with Crippen LogP contribution >= 0.6 is 0 Å². The number of ether oxygens (including phenoxy) is 1. The van der Waals surface area contributed by atoms with Crippen LogP contribution in [0.2, 0.25) is 0 Å². The summed E-state index contributed by atoms with van der Waals surface area (Å²) in [7, 11) is 1.41. The number of benzene rings is 1. The number of carbonyl (C=O) groups excluding carboxylic acids is 1. The minimum absolute atomic E-state index is 0.000411. The average Bonchev–Trinajstić information content (AvgIpc) is 2.31. The van der Waals surface area contributed by atoms with Crippen LogP contribution in [0.25, 0.3) is 0 Å². The van der Waals surface area contributed by atoms with Crippen LogP contribution in [-0.4, -0.2) is 13.1 Å². The zero-order valence-electron chi connectivity index (χ0n) is 10.8. The van der Waals surface area contributed by atoms with Crippen molar-refractivity contribution in [1.29, 1.82) is 0 Å². The topological polar surface area (TPSA) is 52.3 Å². The molecule has 0 aliphatic rings. The minimum atomic E-state index is -0.168. The van der Waals surface area contributed by atoms with Gasteiger partial charge in [0.1, 0.15) is 0 Å². The van der Waals surface area contributed by atoms with Crippen LogP contribution in [0.4, 0.5) is 0 Å². The van der Waals surface area contributed by atoms with Gasteiger partial charge in [-0.05, 0) is 37.8 Å². The highest BCUT2D eigenvalue weighted by Crippen LogP contribution is 2.21. The Hall–Kier alpha value is -1.35. The van der Waals surface area contributed by atoms with E-state index in [1.54, 1.807) is 0 Å². The van der Waals surface area contributed by atoms with Crippen LogP contribution in [0.1, 0.15) is 42.0 Å². The molecule has 0 aromatic heterocycles. The Kier molecular flexibility index (Phi) is 5.16. The van der Waals surface area contributed by atoms with Crippen molar-refractivity contribution in [1.82, 2.24) is 0 Å². The van der Waals surface area contributed by atoms with Crippen LogP contribution in [-0.2, 0) is 9.53 Å². The third-order valence-corrected chi connectivity index (χ3v) is 2.96. The second-order valence-corrected chi connectivity index (χ2v) is 4.43. The molecular weight excluding hydrogens is 214 g/mol. The Balaban J connectivity index is 2.54. The molecule has 0 aliphatic heterocycles. The summed E-state index contributed by atoms with van der Waals surface area (Å²) in [5, 5.41) is 0. The number of carbonyl (C=O) groups is 1. The van der Waals surface area contributed by atoms with E-state index in [4.69, 9.17) is 5.73 Å². The van der Waals surface area contributed by atoms with E-state index in [0.717, 1.165) is 12.8 Å². The number of hydrogen-bond donors (Lipinski definition) is 1. The first-order chi connectivity index (χ1) is 8.04.